The van der Waals surface area contributed by atoms with Crippen LogP contribution in [0.3, 0.4) is 0 Å². The Morgan fingerprint density at radius 2 is 2.18 bits per heavy atom. The number of rotatable bonds is 7. The molecule has 1 aromatic carbocycles. The summed E-state index contributed by atoms with van der Waals surface area (Å²) >= 11 is 3.05. The molecule has 4 rings (SSSR count). The number of carbonyl (C=O) groups is 1. The molecular formula is C18H21N7OS2. The number of anilines is 1. The van der Waals surface area contributed by atoms with E-state index in [1.807, 2.05) is 6.07 Å². The first-order chi connectivity index (χ1) is 13.7. The van der Waals surface area contributed by atoms with E-state index < -0.39 is 0 Å². The van der Waals surface area contributed by atoms with E-state index >= 15 is 0 Å². The molecular weight excluding hydrogens is 394 g/mol. The highest BCUT2D eigenvalue weighted by Crippen LogP contribution is 2.29. The van der Waals surface area contributed by atoms with Crippen molar-refractivity contribution in [3.63, 3.8) is 0 Å². The molecule has 0 atom stereocenters. The van der Waals surface area contributed by atoms with E-state index in [-0.39, 0.29) is 5.91 Å². The van der Waals surface area contributed by atoms with Gasteiger partial charge in [0.15, 0.2) is 5.13 Å². The number of benzene rings is 1. The Morgan fingerprint density at radius 3 is 2.96 bits per heavy atom. The van der Waals surface area contributed by atoms with Crippen molar-refractivity contribution < 1.29 is 4.79 Å². The van der Waals surface area contributed by atoms with E-state index in [1.54, 1.807) is 23.1 Å². The molecule has 1 N–H and O–H groups in total. The van der Waals surface area contributed by atoms with Crippen molar-refractivity contribution in [3.05, 3.63) is 46.5 Å². The summed E-state index contributed by atoms with van der Waals surface area (Å²) in [5.41, 5.74) is 2.43. The molecule has 0 spiro atoms. The molecule has 1 amide bonds. The average molecular weight is 416 g/mol. The second-order valence-electron chi connectivity index (χ2n) is 6.57. The molecule has 0 fully saturated rings. The number of amides is 1. The van der Waals surface area contributed by atoms with Crippen LogP contribution in [-0.4, -0.2) is 48.3 Å². The fourth-order valence-corrected chi connectivity index (χ4v) is 4.89. The molecule has 0 bridgehead atoms. The van der Waals surface area contributed by atoms with Gasteiger partial charge in [0.1, 0.15) is 0 Å². The monoisotopic (exact) mass is 415 g/mol. The molecule has 0 aliphatic carbocycles. The highest BCUT2D eigenvalue weighted by atomic mass is 32.2. The van der Waals surface area contributed by atoms with Gasteiger partial charge in [-0.2, -0.15) is 0 Å². The first kappa shape index (κ1) is 19.0. The highest BCUT2D eigenvalue weighted by Gasteiger charge is 2.21. The minimum atomic E-state index is -0.0325. The molecule has 0 saturated carbocycles. The number of carbonyl (C=O) groups excluding carboxylic acids is 1. The molecule has 2 aromatic heterocycles. The first-order valence-electron chi connectivity index (χ1n) is 9.07. The zero-order valence-electron chi connectivity index (χ0n) is 15.5. The van der Waals surface area contributed by atoms with Crippen LogP contribution < -0.4 is 5.32 Å². The van der Waals surface area contributed by atoms with Gasteiger partial charge >= 0.3 is 0 Å². The van der Waals surface area contributed by atoms with Gasteiger partial charge in [-0.15, -0.1) is 16.4 Å². The zero-order valence-corrected chi connectivity index (χ0v) is 17.2. The third-order valence-electron chi connectivity index (χ3n) is 4.45. The Balaban J connectivity index is 1.28. The van der Waals surface area contributed by atoms with Gasteiger partial charge in [0.2, 0.25) is 11.1 Å². The molecule has 8 nitrogen and oxygen atoms in total. The number of thioether (sulfide) groups is 1. The summed E-state index contributed by atoms with van der Waals surface area (Å²) in [6.45, 7) is 2.81. The van der Waals surface area contributed by atoms with E-state index in [4.69, 9.17) is 0 Å². The van der Waals surface area contributed by atoms with Gasteiger partial charge in [0, 0.05) is 50.2 Å². The van der Waals surface area contributed by atoms with Crippen molar-refractivity contribution in [3.8, 4) is 0 Å². The van der Waals surface area contributed by atoms with E-state index in [1.165, 1.54) is 22.2 Å². The SMILES string of the molecule is Cn1nnnc1SCCC(=O)Nc1nc2c(s1)CN(Cc1ccccc1)CC2. The topological polar surface area (TPSA) is 88.8 Å². The lowest BCUT2D eigenvalue weighted by atomic mass is 10.1. The number of thiazole rings is 1. The summed E-state index contributed by atoms with van der Waals surface area (Å²) in [4.78, 5) is 20.5. The fourth-order valence-electron chi connectivity index (χ4n) is 3.04. The minimum Gasteiger partial charge on any atom is -0.302 e. The summed E-state index contributed by atoms with van der Waals surface area (Å²) in [7, 11) is 1.78. The van der Waals surface area contributed by atoms with Gasteiger partial charge in [-0.3, -0.25) is 9.69 Å². The van der Waals surface area contributed by atoms with Gasteiger partial charge in [-0.05, 0) is 16.0 Å². The summed E-state index contributed by atoms with van der Waals surface area (Å²) in [5.74, 6) is 0.588. The molecule has 146 valence electrons. The predicted molar refractivity (Wildman–Crippen MR) is 109 cm³/mol. The number of nitrogens with one attached hydrogen (secondary N) is 1. The molecule has 1 aliphatic rings. The van der Waals surface area contributed by atoms with Crippen LogP contribution in [0.1, 0.15) is 22.6 Å². The Kier molecular flexibility index (Phi) is 5.98. The van der Waals surface area contributed by atoms with E-state index in [0.29, 0.717) is 22.5 Å². The zero-order chi connectivity index (χ0) is 19.3. The molecule has 0 radical (unpaired) electrons. The van der Waals surface area contributed by atoms with Crippen LogP contribution in [0.25, 0.3) is 0 Å². The van der Waals surface area contributed by atoms with Crippen molar-refractivity contribution >= 4 is 34.1 Å². The lowest BCUT2D eigenvalue weighted by Crippen LogP contribution is -2.29. The second kappa shape index (κ2) is 8.80. The number of fused-ring (bicyclic) bond motifs is 1. The quantitative estimate of drug-likeness (QED) is 0.593. The predicted octanol–water partition coefficient (Wildman–Crippen LogP) is 2.35. The third-order valence-corrected chi connectivity index (χ3v) is 6.46. The number of tetrazole rings is 1. The number of hydrogen-bond acceptors (Lipinski definition) is 8. The Morgan fingerprint density at radius 1 is 1.32 bits per heavy atom. The van der Waals surface area contributed by atoms with Crippen molar-refractivity contribution in [2.45, 2.75) is 31.1 Å². The van der Waals surface area contributed by atoms with Crippen LogP contribution in [0.2, 0.25) is 0 Å². The Labute approximate surface area is 171 Å². The molecule has 0 unspecified atom stereocenters. The van der Waals surface area contributed by atoms with E-state index in [9.17, 15) is 4.79 Å². The van der Waals surface area contributed by atoms with Gasteiger partial charge in [-0.1, -0.05) is 42.1 Å². The van der Waals surface area contributed by atoms with E-state index in [0.717, 1.165) is 31.7 Å². The summed E-state index contributed by atoms with van der Waals surface area (Å²) in [6, 6.07) is 10.5. The standard InChI is InChI=1S/C18H21N7OS2/c1-24-18(21-22-23-24)27-10-8-16(26)20-17-19-14-7-9-25(12-15(14)28-17)11-13-5-3-2-4-6-13/h2-6H,7-12H2,1H3,(H,19,20,26). The lowest BCUT2D eigenvalue weighted by Gasteiger charge is -2.25. The molecule has 28 heavy (non-hydrogen) atoms. The maximum atomic E-state index is 12.2. The number of aryl methyl sites for hydroxylation is 1. The van der Waals surface area contributed by atoms with Crippen LogP contribution in [0.4, 0.5) is 5.13 Å². The first-order valence-corrected chi connectivity index (χ1v) is 10.9. The number of nitrogens with zero attached hydrogens (tertiary/aromatic N) is 6. The Bertz CT molecular complexity index is 941. The maximum absolute atomic E-state index is 12.2. The minimum absolute atomic E-state index is 0.0325. The van der Waals surface area contributed by atoms with Gasteiger partial charge < -0.3 is 5.32 Å². The van der Waals surface area contributed by atoms with E-state index in [2.05, 4.69) is 55.0 Å². The van der Waals surface area contributed by atoms with Crippen LogP contribution in [0, 0.1) is 0 Å². The molecule has 1 aliphatic heterocycles. The van der Waals surface area contributed by atoms with Crippen LogP contribution in [0.5, 0.6) is 0 Å². The maximum Gasteiger partial charge on any atom is 0.226 e. The molecule has 10 heteroatoms. The van der Waals surface area contributed by atoms with Crippen molar-refractivity contribution in [2.75, 3.05) is 17.6 Å². The summed E-state index contributed by atoms with van der Waals surface area (Å²) in [6.07, 6.45) is 1.31. The summed E-state index contributed by atoms with van der Waals surface area (Å²) in [5, 5.41) is 15.6. The Hall–Kier alpha value is -2.30. The second-order valence-corrected chi connectivity index (χ2v) is 8.71. The molecule has 3 aromatic rings. The van der Waals surface area contributed by atoms with Gasteiger partial charge in [0.05, 0.1) is 5.69 Å². The normalized spacial score (nSPS) is 14.0. The van der Waals surface area contributed by atoms with Crippen molar-refractivity contribution in [2.24, 2.45) is 7.05 Å². The van der Waals surface area contributed by atoms with Gasteiger partial charge in [0.25, 0.3) is 0 Å². The summed E-state index contributed by atoms with van der Waals surface area (Å²) < 4.78 is 1.60. The van der Waals surface area contributed by atoms with Crippen molar-refractivity contribution in [1.82, 2.24) is 30.1 Å². The lowest BCUT2D eigenvalue weighted by molar-refractivity contribution is -0.115. The average Bonchev–Trinajstić information content (AvgIpc) is 3.27. The van der Waals surface area contributed by atoms with Crippen LogP contribution >= 0.6 is 23.1 Å². The smallest absolute Gasteiger partial charge is 0.226 e. The largest absolute Gasteiger partial charge is 0.302 e. The third kappa shape index (κ3) is 4.75. The number of hydrogen-bond donors (Lipinski definition) is 1. The molecule has 0 saturated heterocycles. The van der Waals surface area contributed by atoms with Crippen LogP contribution in [-0.2, 0) is 31.4 Å². The highest BCUT2D eigenvalue weighted by molar-refractivity contribution is 7.99. The van der Waals surface area contributed by atoms with Crippen molar-refractivity contribution in [1.29, 1.82) is 0 Å². The van der Waals surface area contributed by atoms with Gasteiger partial charge in [-0.25, -0.2) is 9.67 Å². The molecule has 3 heterocycles. The number of aromatic nitrogens is 5. The fraction of sp³-hybridized carbons (Fsp3) is 0.389. The van der Waals surface area contributed by atoms with Crippen LogP contribution in [0.15, 0.2) is 35.5 Å².